The molecule has 2 atom stereocenters. The van der Waals surface area contributed by atoms with Crippen molar-refractivity contribution in [2.45, 2.75) is 52.0 Å². The van der Waals surface area contributed by atoms with Crippen molar-refractivity contribution in [2.75, 3.05) is 26.3 Å². The third-order valence-electron chi connectivity index (χ3n) is 3.47. The molecule has 1 aliphatic rings. The number of rotatable bonds is 8. The Labute approximate surface area is 111 Å². The number of morpholine rings is 1. The number of hydrogen-bond acceptors (Lipinski definition) is 3. The first-order valence-electron chi connectivity index (χ1n) is 7.36. The molecular weight excluding hydrogens is 228 g/mol. The number of carbonyl (C=O) groups excluding carboxylic acids is 1. The second-order valence-corrected chi connectivity index (χ2v) is 5.12. The molecule has 0 spiro atoms. The van der Waals surface area contributed by atoms with Crippen molar-refractivity contribution < 1.29 is 9.53 Å². The van der Waals surface area contributed by atoms with E-state index >= 15 is 0 Å². The maximum Gasteiger partial charge on any atom is 0.239 e. The molecule has 2 N–H and O–H groups in total. The summed E-state index contributed by atoms with van der Waals surface area (Å²) in [6.45, 7) is 7.21. The molecule has 4 nitrogen and oxygen atoms in total. The summed E-state index contributed by atoms with van der Waals surface area (Å²) in [4.78, 5) is 11.9. The minimum atomic E-state index is -0.160. The van der Waals surface area contributed by atoms with Gasteiger partial charge in [-0.3, -0.25) is 4.79 Å². The standard InChI is InChI=1S/C14H28N2O2/c1-3-5-7-12(6-4-2)10-16-14(17)13-11-18-9-8-15-13/h12-13,15H,3-11H2,1-2H3,(H,16,17). The molecule has 2 unspecified atom stereocenters. The van der Waals surface area contributed by atoms with E-state index in [9.17, 15) is 4.79 Å². The Morgan fingerprint density at radius 1 is 1.39 bits per heavy atom. The largest absolute Gasteiger partial charge is 0.378 e. The fourth-order valence-corrected chi connectivity index (χ4v) is 2.35. The predicted molar refractivity (Wildman–Crippen MR) is 73.5 cm³/mol. The lowest BCUT2D eigenvalue weighted by Crippen LogP contribution is -2.51. The number of hydrogen-bond donors (Lipinski definition) is 2. The van der Waals surface area contributed by atoms with Gasteiger partial charge in [-0.25, -0.2) is 0 Å². The van der Waals surface area contributed by atoms with Crippen LogP contribution in [-0.2, 0) is 9.53 Å². The van der Waals surface area contributed by atoms with Crippen LogP contribution in [0.5, 0.6) is 0 Å². The second kappa shape index (κ2) is 9.34. The summed E-state index contributed by atoms with van der Waals surface area (Å²) in [7, 11) is 0. The first-order valence-corrected chi connectivity index (χ1v) is 7.36. The smallest absolute Gasteiger partial charge is 0.239 e. The van der Waals surface area contributed by atoms with E-state index in [0.29, 0.717) is 19.1 Å². The van der Waals surface area contributed by atoms with Crippen LogP contribution in [0.1, 0.15) is 46.0 Å². The molecule has 0 aromatic heterocycles. The van der Waals surface area contributed by atoms with Crippen molar-refractivity contribution in [3.8, 4) is 0 Å². The first kappa shape index (κ1) is 15.4. The Kier molecular flexibility index (Phi) is 8.01. The average Bonchev–Trinajstić information content (AvgIpc) is 2.42. The van der Waals surface area contributed by atoms with Gasteiger partial charge in [0.05, 0.1) is 13.2 Å². The van der Waals surface area contributed by atoms with Crippen LogP contribution >= 0.6 is 0 Å². The van der Waals surface area contributed by atoms with Gasteiger partial charge in [0.1, 0.15) is 6.04 Å². The molecule has 0 aromatic rings. The van der Waals surface area contributed by atoms with Crippen LogP contribution in [0.3, 0.4) is 0 Å². The fourth-order valence-electron chi connectivity index (χ4n) is 2.35. The average molecular weight is 256 g/mol. The third kappa shape index (κ3) is 5.83. The van der Waals surface area contributed by atoms with Crippen molar-refractivity contribution in [1.82, 2.24) is 10.6 Å². The van der Waals surface area contributed by atoms with Crippen molar-refractivity contribution in [2.24, 2.45) is 5.92 Å². The molecule has 1 heterocycles. The van der Waals surface area contributed by atoms with Crippen LogP contribution in [0.2, 0.25) is 0 Å². The van der Waals surface area contributed by atoms with E-state index in [1.807, 2.05) is 0 Å². The summed E-state index contributed by atoms with van der Waals surface area (Å²) < 4.78 is 5.30. The molecule has 1 saturated heterocycles. The van der Waals surface area contributed by atoms with Gasteiger partial charge in [0.15, 0.2) is 0 Å². The summed E-state index contributed by atoms with van der Waals surface area (Å²) in [5, 5.41) is 6.25. The highest BCUT2D eigenvalue weighted by Crippen LogP contribution is 2.13. The van der Waals surface area contributed by atoms with E-state index in [0.717, 1.165) is 13.1 Å². The van der Waals surface area contributed by atoms with Gasteiger partial charge < -0.3 is 15.4 Å². The van der Waals surface area contributed by atoms with E-state index < -0.39 is 0 Å². The quantitative estimate of drug-likeness (QED) is 0.695. The highest BCUT2D eigenvalue weighted by Gasteiger charge is 2.21. The Balaban J connectivity index is 2.24. The molecule has 4 heteroatoms. The molecule has 1 aliphatic heterocycles. The molecule has 1 rings (SSSR count). The van der Waals surface area contributed by atoms with Gasteiger partial charge in [0, 0.05) is 13.1 Å². The van der Waals surface area contributed by atoms with E-state index in [4.69, 9.17) is 4.74 Å². The van der Waals surface area contributed by atoms with Crippen LogP contribution < -0.4 is 10.6 Å². The van der Waals surface area contributed by atoms with Gasteiger partial charge in [-0.05, 0) is 18.8 Å². The maximum absolute atomic E-state index is 11.9. The fraction of sp³-hybridized carbons (Fsp3) is 0.929. The van der Waals surface area contributed by atoms with Crippen LogP contribution in [0, 0.1) is 5.92 Å². The van der Waals surface area contributed by atoms with Crippen molar-refractivity contribution >= 4 is 5.91 Å². The van der Waals surface area contributed by atoms with E-state index in [1.54, 1.807) is 0 Å². The molecule has 106 valence electrons. The lowest BCUT2D eigenvalue weighted by atomic mass is 9.97. The molecule has 0 saturated carbocycles. The zero-order valence-corrected chi connectivity index (χ0v) is 11.8. The zero-order valence-electron chi connectivity index (χ0n) is 11.8. The van der Waals surface area contributed by atoms with Crippen LogP contribution in [0.15, 0.2) is 0 Å². The molecule has 0 bridgehead atoms. The number of amides is 1. The highest BCUT2D eigenvalue weighted by molar-refractivity contribution is 5.81. The molecular formula is C14H28N2O2. The van der Waals surface area contributed by atoms with Crippen LogP contribution in [0.4, 0.5) is 0 Å². The summed E-state index contributed by atoms with van der Waals surface area (Å²) in [5.41, 5.74) is 0. The van der Waals surface area contributed by atoms with E-state index in [-0.39, 0.29) is 11.9 Å². The molecule has 1 amide bonds. The lowest BCUT2D eigenvalue weighted by molar-refractivity contribution is -0.126. The van der Waals surface area contributed by atoms with Crippen molar-refractivity contribution in [3.63, 3.8) is 0 Å². The Bertz CT molecular complexity index is 228. The minimum absolute atomic E-state index is 0.0901. The number of ether oxygens (including phenoxy) is 1. The lowest BCUT2D eigenvalue weighted by Gasteiger charge is -2.24. The normalized spacial score (nSPS) is 21.6. The molecule has 0 aliphatic carbocycles. The molecule has 0 aromatic carbocycles. The van der Waals surface area contributed by atoms with Crippen LogP contribution in [-0.4, -0.2) is 38.3 Å². The van der Waals surface area contributed by atoms with Gasteiger partial charge in [0.25, 0.3) is 0 Å². The first-order chi connectivity index (χ1) is 8.77. The van der Waals surface area contributed by atoms with Gasteiger partial charge in [-0.15, -0.1) is 0 Å². The third-order valence-corrected chi connectivity index (χ3v) is 3.47. The summed E-state index contributed by atoms with van der Waals surface area (Å²) in [6, 6.07) is -0.160. The van der Waals surface area contributed by atoms with E-state index in [2.05, 4.69) is 24.5 Å². The zero-order chi connectivity index (χ0) is 13.2. The highest BCUT2D eigenvalue weighted by atomic mass is 16.5. The Morgan fingerprint density at radius 3 is 2.83 bits per heavy atom. The second-order valence-electron chi connectivity index (χ2n) is 5.12. The molecule has 18 heavy (non-hydrogen) atoms. The summed E-state index contributed by atoms with van der Waals surface area (Å²) in [6.07, 6.45) is 6.10. The summed E-state index contributed by atoms with van der Waals surface area (Å²) in [5.74, 6) is 0.718. The Morgan fingerprint density at radius 2 is 2.22 bits per heavy atom. The van der Waals surface area contributed by atoms with Gasteiger partial charge in [-0.2, -0.15) is 0 Å². The van der Waals surface area contributed by atoms with Gasteiger partial charge >= 0.3 is 0 Å². The number of nitrogens with one attached hydrogen (secondary N) is 2. The summed E-state index contributed by atoms with van der Waals surface area (Å²) >= 11 is 0. The SMILES string of the molecule is CCCCC(CCC)CNC(=O)C1COCCN1. The van der Waals surface area contributed by atoms with E-state index in [1.165, 1.54) is 32.1 Å². The van der Waals surface area contributed by atoms with Crippen molar-refractivity contribution in [3.05, 3.63) is 0 Å². The Hall–Kier alpha value is -0.610. The van der Waals surface area contributed by atoms with Crippen molar-refractivity contribution in [1.29, 1.82) is 0 Å². The minimum Gasteiger partial charge on any atom is -0.378 e. The number of unbranched alkanes of at least 4 members (excludes halogenated alkanes) is 1. The molecule has 0 radical (unpaired) electrons. The predicted octanol–water partition coefficient (Wildman–Crippen LogP) is 1.70. The maximum atomic E-state index is 11.9. The topological polar surface area (TPSA) is 50.4 Å². The van der Waals surface area contributed by atoms with Gasteiger partial charge in [0.2, 0.25) is 5.91 Å². The van der Waals surface area contributed by atoms with Crippen LogP contribution in [0.25, 0.3) is 0 Å². The monoisotopic (exact) mass is 256 g/mol. The number of carbonyl (C=O) groups is 1. The molecule has 1 fully saturated rings. The van der Waals surface area contributed by atoms with Gasteiger partial charge in [-0.1, -0.05) is 33.1 Å².